The molecular formula is C30H36N2O. The molecule has 1 saturated heterocycles. The van der Waals surface area contributed by atoms with E-state index in [-0.39, 0.29) is 5.91 Å². The lowest BCUT2D eigenvalue weighted by Gasteiger charge is -2.25. The van der Waals surface area contributed by atoms with Crippen molar-refractivity contribution in [2.45, 2.75) is 58.3 Å². The first-order valence-electron chi connectivity index (χ1n) is 12.4. The molecular weight excluding hydrogens is 404 g/mol. The van der Waals surface area contributed by atoms with Crippen molar-refractivity contribution >= 4 is 11.6 Å². The van der Waals surface area contributed by atoms with Crippen LogP contribution in [-0.4, -0.2) is 19.0 Å². The van der Waals surface area contributed by atoms with Crippen LogP contribution in [0.2, 0.25) is 0 Å². The molecule has 1 aliphatic rings. The lowest BCUT2D eigenvalue weighted by molar-refractivity contribution is -0.116. The molecule has 0 radical (unpaired) electrons. The summed E-state index contributed by atoms with van der Waals surface area (Å²) < 4.78 is 0. The molecule has 1 heterocycles. The molecule has 172 valence electrons. The van der Waals surface area contributed by atoms with Crippen LogP contribution in [0.1, 0.15) is 60.3 Å². The molecule has 1 fully saturated rings. The second-order valence-corrected chi connectivity index (χ2v) is 9.36. The Kier molecular flexibility index (Phi) is 7.96. The van der Waals surface area contributed by atoms with Crippen molar-refractivity contribution in [1.82, 2.24) is 5.32 Å². The Hall–Kier alpha value is -2.91. The van der Waals surface area contributed by atoms with E-state index in [9.17, 15) is 4.79 Å². The molecule has 3 nitrogen and oxygen atoms in total. The molecule has 1 aliphatic heterocycles. The molecule has 0 aromatic heterocycles. The van der Waals surface area contributed by atoms with E-state index in [1.807, 2.05) is 6.07 Å². The summed E-state index contributed by atoms with van der Waals surface area (Å²) in [7, 11) is 0. The van der Waals surface area contributed by atoms with Crippen molar-refractivity contribution in [1.29, 1.82) is 0 Å². The van der Waals surface area contributed by atoms with Crippen molar-refractivity contribution in [3.05, 3.63) is 89.0 Å². The van der Waals surface area contributed by atoms with Crippen molar-refractivity contribution in [3.63, 3.8) is 0 Å². The molecule has 3 aromatic carbocycles. The van der Waals surface area contributed by atoms with Gasteiger partial charge in [-0.05, 0) is 110 Å². The zero-order valence-corrected chi connectivity index (χ0v) is 20.0. The normalized spacial score (nSPS) is 14.2. The van der Waals surface area contributed by atoms with Crippen LogP contribution in [0.3, 0.4) is 0 Å². The summed E-state index contributed by atoms with van der Waals surface area (Å²) in [6, 6.07) is 23.7. The number of carbonyl (C=O) groups excluding carboxylic acids is 1. The average Bonchev–Trinajstić information content (AvgIpc) is 2.84. The van der Waals surface area contributed by atoms with Crippen molar-refractivity contribution in [2.24, 2.45) is 0 Å². The highest BCUT2D eigenvalue weighted by molar-refractivity contribution is 5.90. The Balaban J connectivity index is 1.23. The Bertz CT molecular complexity index is 1060. The van der Waals surface area contributed by atoms with Crippen molar-refractivity contribution in [2.75, 3.05) is 18.4 Å². The lowest BCUT2D eigenvalue weighted by atomic mass is 9.87. The van der Waals surface area contributed by atoms with Gasteiger partial charge < -0.3 is 10.6 Å². The van der Waals surface area contributed by atoms with Gasteiger partial charge in [0.25, 0.3) is 0 Å². The fraction of sp³-hybridized carbons (Fsp3) is 0.367. The summed E-state index contributed by atoms with van der Waals surface area (Å²) in [5, 5.41) is 6.56. The van der Waals surface area contributed by atoms with Crippen LogP contribution in [-0.2, 0) is 11.2 Å². The molecule has 1 amide bonds. The Labute approximate surface area is 198 Å². The summed E-state index contributed by atoms with van der Waals surface area (Å²) in [6.45, 7) is 6.49. The number of nitrogens with one attached hydrogen (secondary N) is 2. The number of carbonyl (C=O) groups is 1. The highest BCUT2D eigenvalue weighted by Gasteiger charge is 2.17. The number of piperidine rings is 1. The first kappa shape index (κ1) is 23.3. The zero-order valence-electron chi connectivity index (χ0n) is 20.0. The number of amides is 1. The Morgan fingerprint density at radius 2 is 1.67 bits per heavy atom. The summed E-state index contributed by atoms with van der Waals surface area (Å²) in [5.41, 5.74) is 8.84. The second kappa shape index (κ2) is 11.3. The minimum absolute atomic E-state index is 0.116. The van der Waals surface area contributed by atoms with Gasteiger partial charge in [-0.2, -0.15) is 0 Å². The molecule has 0 saturated carbocycles. The highest BCUT2D eigenvalue weighted by atomic mass is 16.1. The van der Waals surface area contributed by atoms with Gasteiger partial charge in [-0.1, -0.05) is 54.6 Å². The molecule has 0 aliphatic carbocycles. The Morgan fingerprint density at radius 1 is 0.909 bits per heavy atom. The fourth-order valence-corrected chi connectivity index (χ4v) is 4.88. The first-order valence-corrected chi connectivity index (χ1v) is 12.4. The van der Waals surface area contributed by atoms with Gasteiger partial charge in [-0.15, -0.1) is 0 Å². The molecule has 0 spiro atoms. The maximum atomic E-state index is 12.5. The largest absolute Gasteiger partial charge is 0.326 e. The number of rotatable bonds is 8. The van der Waals surface area contributed by atoms with E-state index >= 15 is 0 Å². The van der Waals surface area contributed by atoms with Gasteiger partial charge >= 0.3 is 0 Å². The molecule has 3 heteroatoms. The van der Waals surface area contributed by atoms with E-state index in [2.05, 4.69) is 85.1 Å². The first-order chi connectivity index (χ1) is 16.1. The highest BCUT2D eigenvalue weighted by Crippen LogP contribution is 2.30. The molecule has 33 heavy (non-hydrogen) atoms. The lowest BCUT2D eigenvalue weighted by Crippen LogP contribution is -2.27. The summed E-state index contributed by atoms with van der Waals surface area (Å²) >= 11 is 0. The number of hydrogen-bond donors (Lipinski definition) is 2. The van der Waals surface area contributed by atoms with E-state index in [0.717, 1.165) is 38.0 Å². The molecule has 2 N–H and O–H groups in total. The minimum Gasteiger partial charge on any atom is -0.326 e. The van der Waals surface area contributed by atoms with E-state index in [1.54, 1.807) is 0 Å². The monoisotopic (exact) mass is 440 g/mol. The van der Waals surface area contributed by atoms with Gasteiger partial charge in [0.15, 0.2) is 0 Å². The van der Waals surface area contributed by atoms with Crippen LogP contribution in [0, 0.1) is 13.8 Å². The Morgan fingerprint density at radius 3 is 2.42 bits per heavy atom. The quantitative estimate of drug-likeness (QED) is 0.379. The van der Waals surface area contributed by atoms with E-state index in [4.69, 9.17) is 0 Å². The predicted molar refractivity (Wildman–Crippen MR) is 139 cm³/mol. The molecule has 0 atom stereocenters. The number of unbranched alkanes of at least 4 members (excludes halogenated alkanes) is 1. The van der Waals surface area contributed by atoms with Gasteiger partial charge in [0.1, 0.15) is 0 Å². The van der Waals surface area contributed by atoms with Crippen LogP contribution >= 0.6 is 0 Å². The number of hydrogen-bond acceptors (Lipinski definition) is 2. The van der Waals surface area contributed by atoms with Gasteiger partial charge in [0, 0.05) is 12.1 Å². The molecule has 0 bridgehead atoms. The maximum Gasteiger partial charge on any atom is 0.224 e. The zero-order chi connectivity index (χ0) is 23.0. The standard InChI is InChI=1S/C30H36N2O/c1-22-7-3-5-9-28(22)25-14-12-24(13-15-25)8-4-6-10-30(33)32-27-16-11-23(2)29(21-27)26-17-19-31-20-18-26/h3,5,7,9,11-16,21,26,31H,4,6,8,10,17-20H2,1-2H3,(H,32,33). The third-order valence-corrected chi connectivity index (χ3v) is 6.87. The predicted octanol–water partition coefficient (Wildman–Crippen LogP) is 6.79. The fourth-order valence-electron chi connectivity index (χ4n) is 4.88. The van der Waals surface area contributed by atoms with Crippen LogP contribution in [0.4, 0.5) is 5.69 Å². The summed E-state index contributed by atoms with van der Waals surface area (Å²) in [4.78, 5) is 12.5. The van der Waals surface area contributed by atoms with Crippen LogP contribution < -0.4 is 10.6 Å². The van der Waals surface area contributed by atoms with Crippen LogP contribution in [0.5, 0.6) is 0 Å². The van der Waals surface area contributed by atoms with Gasteiger partial charge in [-0.3, -0.25) is 4.79 Å². The SMILES string of the molecule is Cc1ccccc1-c1ccc(CCCCC(=O)Nc2ccc(C)c(C3CCNCC3)c2)cc1. The van der Waals surface area contributed by atoms with Crippen LogP contribution in [0.15, 0.2) is 66.7 Å². The van der Waals surface area contributed by atoms with E-state index < -0.39 is 0 Å². The van der Waals surface area contributed by atoms with Gasteiger partial charge in [0.2, 0.25) is 5.91 Å². The molecule has 0 unspecified atom stereocenters. The van der Waals surface area contributed by atoms with Crippen molar-refractivity contribution in [3.8, 4) is 11.1 Å². The molecule has 3 aromatic rings. The third kappa shape index (κ3) is 6.33. The average molecular weight is 441 g/mol. The van der Waals surface area contributed by atoms with E-state index in [0.29, 0.717) is 12.3 Å². The molecule has 4 rings (SSSR count). The van der Waals surface area contributed by atoms with E-state index in [1.165, 1.54) is 46.2 Å². The summed E-state index contributed by atoms with van der Waals surface area (Å²) in [5.74, 6) is 0.713. The topological polar surface area (TPSA) is 41.1 Å². The van der Waals surface area contributed by atoms with Gasteiger partial charge in [-0.25, -0.2) is 0 Å². The van der Waals surface area contributed by atoms with Crippen LogP contribution in [0.25, 0.3) is 11.1 Å². The number of aryl methyl sites for hydroxylation is 3. The van der Waals surface area contributed by atoms with Gasteiger partial charge in [0.05, 0.1) is 0 Å². The summed E-state index contributed by atoms with van der Waals surface area (Å²) in [6.07, 6.45) is 5.83. The number of anilines is 1. The minimum atomic E-state index is 0.116. The van der Waals surface area contributed by atoms with Crippen molar-refractivity contribution < 1.29 is 4.79 Å². The third-order valence-electron chi connectivity index (χ3n) is 6.87. The number of benzene rings is 3. The maximum absolute atomic E-state index is 12.5. The second-order valence-electron chi connectivity index (χ2n) is 9.36. The smallest absolute Gasteiger partial charge is 0.224 e.